The predicted octanol–water partition coefficient (Wildman–Crippen LogP) is 3.58. The lowest BCUT2D eigenvalue weighted by Crippen LogP contribution is -2.23. The SMILES string of the molecule is N#CC1CCCC1Nc1cc(F)ccc1Cl. The van der Waals surface area contributed by atoms with E-state index in [2.05, 4.69) is 11.4 Å². The summed E-state index contributed by atoms with van der Waals surface area (Å²) in [6.07, 6.45) is 2.87. The molecule has 1 aliphatic carbocycles. The highest BCUT2D eigenvalue weighted by Gasteiger charge is 2.27. The van der Waals surface area contributed by atoms with Gasteiger partial charge in [0, 0.05) is 6.04 Å². The van der Waals surface area contributed by atoms with Crippen LogP contribution in [0.2, 0.25) is 5.02 Å². The van der Waals surface area contributed by atoms with Crippen LogP contribution in [0.4, 0.5) is 10.1 Å². The second-order valence-electron chi connectivity index (χ2n) is 4.04. The van der Waals surface area contributed by atoms with Gasteiger partial charge in [0.05, 0.1) is 22.7 Å². The standard InChI is InChI=1S/C12H12ClFN2/c13-10-5-4-9(14)6-12(10)16-11-3-1-2-8(11)7-15/h4-6,8,11,16H,1-3H2. The van der Waals surface area contributed by atoms with Gasteiger partial charge in [-0.05, 0) is 37.5 Å². The van der Waals surface area contributed by atoms with Gasteiger partial charge in [0.2, 0.25) is 0 Å². The average Bonchev–Trinajstić information content (AvgIpc) is 2.71. The molecule has 1 aromatic carbocycles. The third-order valence-electron chi connectivity index (χ3n) is 2.95. The number of nitrogens with zero attached hydrogens (tertiary/aromatic N) is 1. The van der Waals surface area contributed by atoms with Crippen molar-refractivity contribution in [1.82, 2.24) is 0 Å². The van der Waals surface area contributed by atoms with Crippen molar-refractivity contribution in [2.24, 2.45) is 5.92 Å². The zero-order chi connectivity index (χ0) is 11.5. The number of hydrogen-bond donors (Lipinski definition) is 1. The second-order valence-corrected chi connectivity index (χ2v) is 4.45. The Morgan fingerprint density at radius 2 is 2.25 bits per heavy atom. The van der Waals surface area contributed by atoms with Crippen LogP contribution in [0, 0.1) is 23.1 Å². The minimum atomic E-state index is -0.321. The maximum Gasteiger partial charge on any atom is 0.125 e. The molecule has 1 aliphatic rings. The highest BCUT2D eigenvalue weighted by molar-refractivity contribution is 6.33. The molecule has 1 saturated carbocycles. The normalized spacial score (nSPS) is 24.1. The first-order chi connectivity index (χ1) is 7.70. The van der Waals surface area contributed by atoms with E-state index in [1.807, 2.05) is 0 Å². The van der Waals surface area contributed by atoms with E-state index in [1.54, 1.807) is 0 Å². The number of benzene rings is 1. The smallest absolute Gasteiger partial charge is 0.125 e. The summed E-state index contributed by atoms with van der Waals surface area (Å²) in [5.41, 5.74) is 0.578. The van der Waals surface area contributed by atoms with Crippen LogP contribution in [0.1, 0.15) is 19.3 Å². The Labute approximate surface area is 99.0 Å². The first kappa shape index (κ1) is 11.2. The van der Waals surface area contributed by atoms with Crippen molar-refractivity contribution in [2.45, 2.75) is 25.3 Å². The highest BCUT2D eigenvalue weighted by Crippen LogP contribution is 2.31. The Morgan fingerprint density at radius 1 is 1.44 bits per heavy atom. The van der Waals surface area contributed by atoms with E-state index < -0.39 is 0 Å². The molecule has 2 atom stereocenters. The number of halogens is 2. The first-order valence-corrected chi connectivity index (χ1v) is 5.69. The van der Waals surface area contributed by atoms with Crippen LogP contribution in [0.3, 0.4) is 0 Å². The molecule has 0 bridgehead atoms. The molecule has 4 heteroatoms. The van der Waals surface area contributed by atoms with Crippen molar-refractivity contribution >= 4 is 17.3 Å². The quantitative estimate of drug-likeness (QED) is 0.855. The maximum atomic E-state index is 13.0. The molecule has 1 aromatic rings. The second kappa shape index (κ2) is 4.71. The molecule has 16 heavy (non-hydrogen) atoms. The summed E-state index contributed by atoms with van der Waals surface area (Å²) in [7, 11) is 0. The molecule has 2 unspecified atom stereocenters. The zero-order valence-electron chi connectivity index (χ0n) is 8.71. The van der Waals surface area contributed by atoms with Gasteiger partial charge in [-0.15, -0.1) is 0 Å². The minimum Gasteiger partial charge on any atom is -0.380 e. The molecule has 2 nitrogen and oxygen atoms in total. The third-order valence-corrected chi connectivity index (χ3v) is 3.28. The molecule has 0 heterocycles. The van der Waals surface area contributed by atoms with Crippen LogP contribution in [0.5, 0.6) is 0 Å². The summed E-state index contributed by atoms with van der Waals surface area (Å²) in [4.78, 5) is 0. The van der Waals surface area contributed by atoms with Gasteiger partial charge < -0.3 is 5.32 Å². The number of nitrogens with one attached hydrogen (secondary N) is 1. The summed E-state index contributed by atoms with van der Waals surface area (Å²) in [5.74, 6) is -0.322. The van der Waals surface area contributed by atoms with Gasteiger partial charge in [0.25, 0.3) is 0 Å². The zero-order valence-corrected chi connectivity index (χ0v) is 9.47. The number of rotatable bonds is 2. The number of hydrogen-bond acceptors (Lipinski definition) is 2. The topological polar surface area (TPSA) is 35.8 Å². The molecule has 0 aromatic heterocycles. The largest absolute Gasteiger partial charge is 0.380 e. The van der Waals surface area contributed by atoms with Crippen LogP contribution < -0.4 is 5.32 Å². The van der Waals surface area contributed by atoms with Gasteiger partial charge in [0.1, 0.15) is 5.82 Å². The van der Waals surface area contributed by atoms with E-state index in [9.17, 15) is 4.39 Å². The van der Waals surface area contributed by atoms with Gasteiger partial charge in [-0.25, -0.2) is 4.39 Å². The Morgan fingerprint density at radius 3 is 3.00 bits per heavy atom. The minimum absolute atomic E-state index is 0.000617. The lowest BCUT2D eigenvalue weighted by atomic mass is 10.1. The molecular weight excluding hydrogens is 227 g/mol. The van der Waals surface area contributed by atoms with E-state index >= 15 is 0 Å². The fourth-order valence-electron chi connectivity index (χ4n) is 2.10. The van der Waals surface area contributed by atoms with Crippen molar-refractivity contribution in [3.8, 4) is 6.07 Å². The van der Waals surface area contributed by atoms with Crippen LogP contribution >= 0.6 is 11.6 Å². The fourth-order valence-corrected chi connectivity index (χ4v) is 2.27. The van der Waals surface area contributed by atoms with E-state index in [0.717, 1.165) is 19.3 Å². The summed E-state index contributed by atoms with van der Waals surface area (Å²) < 4.78 is 13.0. The molecule has 0 saturated heterocycles. The molecule has 2 rings (SSSR count). The summed E-state index contributed by atoms with van der Waals surface area (Å²) in [6.45, 7) is 0. The van der Waals surface area contributed by atoms with Gasteiger partial charge in [0.15, 0.2) is 0 Å². The van der Waals surface area contributed by atoms with E-state index in [4.69, 9.17) is 16.9 Å². The first-order valence-electron chi connectivity index (χ1n) is 5.32. The lowest BCUT2D eigenvalue weighted by molar-refractivity contribution is 0.619. The monoisotopic (exact) mass is 238 g/mol. The van der Waals surface area contributed by atoms with E-state index in [0.29, 0.717) is 10.7 Å². The molecule has 1 N–H and O–H groups in total. The third kappa shape index (κ3) is 2.28. The lowest BCUT2D eigenvalue weighted by Gasteiger charge is -2.17. The van der Waals surface area contributed by atoms with E-state index in [1.165, 1.54) is 18.2 Å². The van der Waals surface area contributed by atoms with Crippen molar-refractivity contribution < 1.29 is 4.39 Å². The molecular formula is C12H12ClFN2. The molecule has 0 spiro atoms. The van der Waals surface area contributed by atoms with Crippen molar-refractivity contribution in [2.75, 3.05) is 5.32 Å². The molecule has 84 valence electrons. The Bertz CT molecular complexity index is 428. The van der Waals surface area contributed by atoms with Crippen LogP contribution in [-0.4, -0.2) is 6.04 Å². The summed E-state index contributed by atoms with van der Waals surface area (Å²) in [6, 6.07) is 6.57. The van der Waals surface area contributed by atoms with E-state index in [-0.39, 0.29) is 17.8 Å². The van der Waals surface area contributed by atoms with Crippen LogP contribution in [-0.2, 0) is 0 Å². The Kier molecular flexibility index (Phi) is 3.31. The molecule has 1 fully saturated rings. The maximum absolute atomic E-state index is 13.0. The van der Waals surface area contributed by atoms with Crippen molar-refractivity contribution in [3.63, 3.8) is 0 Å². The Hall–Kier alpha value is -1.27. The van der Waals surface area contributed by atoms with Gasteiger partial charge in [-0.1, -0.05) is 11.6 Å². The number of anilines is 1. The predicted molar refractivity (Wildman–Crippen MR) is 61.8 cm³/mol. The van der Waals surface area contributed by atoms with Crippen LogP contribution in [0.15, 0.2) is 18.2 Å². The molecule has 0 amide bonds. The summed E-state index contributed by atoms with van der Waals surface area (Å²) >= 11 is 5.95. The van der Waals surface area contributed by atoms with Crippen molar-refractivity contribution in [1.29, 1.82) is 5.26 Å². The highest BCUT2D eigenvalue weighted by atomic mass is 35.5. The van der Waals surface area contributed by atoms with Gasteiger partial charge >= 0.3 is 0 Å². The Balaban J connectivity index is 2.14. The van der Waals surface area contributed by atoms with Gasteiger partial charge in [-0.2, -0.15) is 5.26 Å². The number of nitriles is 1. The van der Waals surface area contributed by atoms with Crippen LogP contribution in [0.25, 0.3) is 0 Å². The van der Waals surface area contributed by atoms with Crippen molar-refractivity contribution in [3.05, 3.63) is 29.0 Å². The summed E-state index contributed by atoms with van der Waals surface area (Å²) in [5, 5.41) is 12.6. The fraction of sp³-hybridized carbons (Fsp3) is 0.417. The van der Waals surface area contributed by atoms with Gasteiger partial charge in [-0.3, -0.25) is 0 Å². The average molecular weight is 239 g/mol. The molecule has 0 radical (unpaired) electrons. The molecule has 0 aliphatic heterocycles.